The number of benzene rings is 2. The van der Waals surface area contributed by atoms with Gasteiger partial charge in [0.05, 0.1) is 25.5 Å². The van der Waals surface area contributed by atoms with Gasteiger partial charge in [-0.05, 0) is 32.0 Å². The van der Waals surface area contributed by atoms with Crippen LogP contribution in [0.4, 0.5) is 11.5 Å². The second kappa shape index (κ2) is 9.61. The number of aliphatic hydroxyl groups excluding tert-OH is 1. The summed E-state index contributed by atoms with van der Waals surface area (Å²) in [5.74, 6) is 1.14. The first kappa shape index (κ1) is 22.6. The van der Waals surface area contributed by atoms with E-state index < -0.39 is 0 Å². The smallest absolute Gasteiger partial charge is 0.318 e. The molecule has 2 aromatic carbocycles. The first-order valence-corrected chi connectivity index (χ1v) is 11.7. The molecule has 1 fully saturated rings. The van der Waals surface area contributed by atoms with E-state index in [2.05, 4.69) is 26.1 Å². The Labute approximate surface area is 199 Å². The molecule has 5 rings (SSSR count). The third-order valence-corrected chi connectivity index (χ3v) is 6.49. The van der Waals surface area contributed by atoms with Gasteiger partial charge in [0.15, 0.2) is 0 Å². The van der Waals surface area contributed by atoms with E-state index in [1.165, 1.54) is 0 Å². The lowest BCUT2D eigenvalue weighted by atomic mass is 10.0. The molecule has 3 heterocycles. The van der Waals surface area contributed by atoms with E-state index in [1.807, 2.05) is 38.4 Å². The Bertz CT molecular complexity index is 1170. The molecule has 0 radical (unpaired) electrons. The number of nitrogens with zero attached hydrogens (tertiary/aromatic N) is 5. The molecule has 2 aliphatic heterocycles. The van der Waals surface area contributed by atoms with Gasteiger partial charge in [-0.2, -0.15) is 9.97 Å². The van der Waals surface area contributed by atoms with Crippen LogP contribution in [0, 0.1) is 0 Å². The van der Waals surface area contributed by atoms with Crippen molar-refractivity contribution >= 4 is 22.3 Å². The number of aliphatic hydroxyl groups is 1. The van der Waals surface area contributed by atoms with Crippen LogP contribution in [-0.4, -0.2) is 84.7 Å². The Hall–Kier alpha value is -3.14. The first-order valence-electron chi connectivity index (χ1n) is 11.7. The van der Waals surface area contributed by atoms with Gasteiger partial charge in [-0.1, -0.05) is 24.3 Å². The van der Waals surface area contributed by atoms with Crippen LogP contribution >= 0.6 is 0 Å². The lowest BCUT2D eigenvalue weighted by Gasteiger charge is -2.33. The van der Waals surface area contributed by atoms with Gasteiger partial charge in [0, 0.05) is 48.4 Å². The van der Waals surface area contributed by atoms with Crippen molar-refractivity contribution < 1.29 is 14.9 Å². The fourth-order valence-corrected chi connectivity index (χ4v) is 4.69. The highest BCUT2D eigenvalue weighted by Gasteiger charge is 2.30. The van der Waals surface area contributed by atoms with Crippen LogP contribution in [0.3, 0.4) is 0 Å². The summed E-state index contributed by atoms with van der Waals surface area (Å²) in [4.78, 5) is 16.1. The monoisotopic (exact) mass is 464 g/mol. The third-order valence-electron chi connectivity index (χ3n) is 6.49. The normalized spacial score (nSPS) is 18.1. The Kier molecular flexibility index (Phi) is 6.40. The van der Waals surface area contributed by atoms with E-state index in [4.69, 9.17) is 14.7 Å². The Morgan fingerprint density at radius 1 is 1.18 bits per heavy atom. The maximum atomic E-state index is 10.3. The van der Waals surface area contributed by atoms with Gasteiger partial charge in [-0.3, -0.25) is 5.32 Å². The van der Waals surface area contributed by atoms with Gasteiger partial charge < -0.3 is 29.6 Å². The zero-order valence-electron chi connectivity index (χ0n) is 19.7. The topological polar surface area (TPSA) is 97.2 Å². The number of aromatic hydroxyl groups is 1. The van der Waals surface area contributed by atoms with Crippen LogP contribution in [0.15, 0.2) is 36.4 Å². The van der Waals surface area contributed by atoms with E-state index in [9.17, 15) is 10.2 Å². The standard InChI is InChI=1S/C25H32N6O3/c1-29(2)9-10-34-25-27-22-14-30(23-12-19(33)11-17-5-3-4-6-20(17)23)8-7-21(22)24(28-25)31-13-18(15-32)26-16-31/h3-6,11-12,18,26,32-33H,7-10,13-16H2,1-2H3. The largest absolute Gasteiger partial charge is 0.508 e. The van der Waals surface area contributed by atoms with Crippen LogP contribution in [-0.2, 0) is 13.0 Å². The number of anilines is 2. The van der Waals surface area contributed by atoms with Gasteiger partial charge in [0.25, 0.3) is 0 Å². The summed E-state index contributed by atoms with van der Waals surface area (Å²) < 4.78 is 5.95. The zero-order valence-corrected chi connectivity index (χ0v) is 19.7. The fourth-order valence-electron chi connectivity index (χ4n) is 4.69. The molecule has 0 amide bonds. The lowest BCUT2D eigenvalue weighted by Crippen LogP contribution is -2.34. The van der Waals surface area contributed by atoms with Crippen molar-refractivity contribution in [2.75, 3.05) is 63.4 Å². The maximum Gasteiger partial charge on any atom is 0.318 e. The second-order valence-electron chi connectivity index (χ2n) is 9.23. The Morgan fingerprint density at radius 3 is 2.82 bits per heavy atom. The predicted molar refractivity (Wildman–Crippen MR) is 133 cm³/mol. The highest BCUT2D eigenvalue weighted by Crippen LogP contribution is 2.36. The van der Waals surface area contributed by atoms with Gasteiger partial charge >= 0.3 is 6.01 Å². The molecule has 9 nitrogen and oxygen atoms in total. The Balaban J connectivity index is 1.49. The minimum absolute atomic E-state index is 0.0301. The quantitative estimate of drug-likeness (QED) is 0.481. The number of phenols is 1. The number of hydrogen-bond acceptors (Lipinski definition) is 9. The fraction of sp³-hybridized carbons (Fsp3) is 0.440. The van der Waals surface area contributed by atoms with Crippen LogP contribution in [0.25, 0.3) is 10.8 Å². The molecule has 1 aromatic heterocycles. The van der Waals surface area contributed by atoms with E-state index >= 15 is 0 Å². The highest BCUT2D eigenvalue weighted by atomic mass is 16.5. The molecule has 0 bridgehead atoms. The van der Waals surface area contributed by atoms with E-state index in [0.29, 0.717) is 32.4 Å². The van der Waals surface area contributed by atoms with Crippen LogP contribution in [0.5, 0.6) is 11.8 Å². The SMILES string of the molecule is CN(C)CCOc1nc2c(c(N3CNC(CO)C3)n1)CCN(c1cc(O)cc3ccccc13)C2. The van der Waals surface area contributed by atoms with Crippen molar-refractivity contribution in [1.29, 1.82) is 0 Å². The number of likely N-dealkylation sites (N-methyl/N-ethyl adjacent to an activating group) is 1. The molecule has 0 spiro atoms. The summed E-state index contributed by atoms with van der Waals surface area (Å²) >= 11 is 0. The number of nitrogens with one attached hydrogen (secondary N) is 1. The minimum atomic E-state index is 0.0301. The summed E-state index contributed by atoms with van der Waals surface area (Å²) in [7, 11) is 4.01. The van der Waals surface area contributed by atoms with Crippen molar-refractivity contribution in [3.05, 3.63) is 47.7 Å². The van der Waals surface area contributed by atoms with Crippen LogP contribution in [0.2, 0.25) is 0 Å². The molecule has 0 saturated carbocycles. The first-order chi connectivity index (χ1) is 16.5. The van der Waals surface area contributed by atoms with Crippen LogP contribution in [0.1, 0.15) is 11.3 Å². The summed E-state index contributed by atoms with van der Waals surface area (Å²) in [6.07, 6.45) is 0.785. The molecule has 2 aliphatic rings. The molecule has 3 N–H and O–H groups in total. The van der Waals surface area contributed by atoms with Crippen molar-refractivity contribution in [2.24, 2.45) is 0 Å². The number of rotatable bonds is 7. The number of ether oxygens (including phenoxy) is 1. The minimum Gasteiger partial charge on any atom is -0.508 e. The average Bonchev–Trinajstić information content (AvgIpc) is 3.31. The summed E-state index contributed by atoms with van der Waals surface area (Å²) in [6, 6.07) is 12.2. The van der Waals surface area contributed by atoms with Crippen molar-refractivity contribution in [3.8, 4) is 11.8 Å². The van der Waals surface area contributed by atoms with Crippen molar-refractivity contribution in [2.45, 2.75) is 19.0 Å². The predicted octanol–water partition coefficient (Wildman–Crippen LogP) is 1.57. The summed E-state index contributed by atoms with van der Waals surface area (Å²) in [5, 5.41) is 25.4. The van der Waals surface area contributed by atoms with E-state index in [0.717, 1.165) is 53.0 Å². The van der Waals surface area contributed by atoms with Crippen LogP contribution < -0.4 is 19.9 Å². The maximum absolute atomic E-state index is 10.3. The second-order valence-corrected chi connectivity index (χ2v) is 9.23. The molecule has 34 heavy (non-hydrogen) atoms. The molecule has 1 atom stereocenters. The molecule has 9 heteroatoms. The molecule has 1 unspecified atom stereocenters. The number of hydrogen-bond donors (Lipinski definition) is 3. The van der Waals surface area contributed by atoms with Gasteiger partial charge in [0.2, 0.25) is 0 Å². The molecular formula is C25H32N6O3. The molecule has 1 saturated heterocycles. The molecular weight excluding hydrogens is 432 g/mol. The third kappa shape index (κ3) is 4.59. The van der Waals surface area contributed by atoms with Gasteiger partial charge in [0.1, 0.15) is 18.2 Å². The van der Waals surface area contributed by atoms with Crippen molar-refractivity contribution in [3.63, 3.8) is 0 Å². The molecule has 180 valence electrons. The molecule has 3 aromatic rings. The lowest BCUT2D eigenvalue weighted by molar-refractivity contribution is 0.244. The highest BCUT2D eigenvalue weighted by molar-refractivity contribution is 5.95. The number of phenolic OH excluding ortho intramolecular Hbond substituents is 1. The van der Waals surface area contributed by atoms with Crippen molar-refractivity contribution in [1.82, 2.24) is 20.2 Å². The zero-order chi connectivity index (χ0) is 23.7. The summed E-state index contributed by atoms with van der Waals surface area (Å²) in [5.41, 5.74) is 3.07. The Morgan fingerprint density at radius 2 is 2.03 bits per heavy atom. The van der Waals surface area contributed by atoms with Gasteiger partial charge in [-0.25, -0.2) is 0 Å². The molecule has 0 aliphatic carbocycles. The number of aromatic nitrogens is 2. The summed E-state index contributed by atoms with van der Waals surface area (Å²) in [6.45, 7) is 4.09. The average molecular weight is 465 g/mol. The van der Waals surface area contributed by atoms with E-state index in [-0.39, 0.29) is 18.4 Å². The van der Waals surface area contributed by atoms with Gasteiger partial charge in [-0.15, -0.1) is 0 Å². The number of fused-ring (bicyclic) bond motifs is 2. The van der Waals surface area contributed by atoms with E-state index in [1.54, 1.807) is 6.07 Å².